The van der Waals surface area contributed by atoms with Gasteiger partial charge in [0.2, 0.25) is 0 Å². The Hall–Kier alpha value is -2.11. The zero-order valence-electron chi connectivity index (χ0n) is 12.5. The Bertz CT molecular complexity index is 585. The fourth-order valence-corrected chi connectivity index (χ4v) is 2.98. The summed E-state index contributed by atoms with van der Waals surface area (Å²) >= 11 is 0. The molecule has 6 heteroatoms. The molecule has 114 valence electrons. The lowest BCUT2D eigenvalue weighted by Crippen LogP contribution is -2.39. The number of anilines is 1. The molecule has 1 aromatic rings. The Balaban J connectivity index is 2.33. The SMILES string of the molecule is Cc1cc(N2CCC(C(=O)O)(C(C)C)C2)cc([N+](=O)[O-])c1. The highest BCUT2D eigenvalue weighted by molar-refractivity contribution is 5.77. The Labute approximate surface area is 123 Å². The number of rotatable bonds is 4. The first-order valence-corrected chi connectivity index (χ1v) is 7.01. The van der Waals surface area contributed by atoms with E-state index in [-0.39, 0.29) is 11.6 Å². The van der Waals surface area contributed by atoms with Gasteiger partial charge in [-0.3, -0.25) is 14.9 Å². The van der Waals surface area contributed by atoms with E-state index in [0.29, 0.717) is 19.5 Å². The van der Waals surface area contributed by atoms with Gasteiger partial charge in [0.05, 0.1) is 10.3 Å². The van der Waals surface area contributed by atoms with E-state index >= 15 is 0 Å². The number of hydrogen-bond donors (Lipinski definition) is 1. The van der Waals surface area contributed by atoms with Crippen LogP contribution >= 0.6 is 0 Å². The van der Waals surface area contributed by atoms with Gasteiger partial charge in [-0.1, -0.05) is 13.8 Å². The van der Waals surface area contributed by atoms with Gasteiger partial charge in [-0.25, -0.2) is 0 Å². The van der Waals surface area contributed by atoms with Crippen LogP contribution in [-0.2, 0) is 4.79 Å². The molecule has 0 bridgehead atoms. The number of non-ortho nitro benzene ring substituents is 1. The van der Waals surface area contributed by atoms with Crippen molar-refractivity contribution >= 4 is 17.3 Å². The normalized spacial score (nSPS) is 21.8. The van der Waals surface area contributed by atoms with E-state index in [1.807, 2.05) is 24.8 Å². The van der Waals surface area contributed by atoms with Crippen LogP contribution < -0.4 is 4.90 Å². The van der Waals surface area contributed by atoms with E-state index in [2.05, 4.69) is 0 Å². The summed E-state index contributed by atoms with van der Waals surface area (Å²) in [6.45, 7) is 6.62. The third kappa shape index (κ3) is 2.70. The fourth-order valence-electron chi connectivity index (χ4n) is 2.98. The Morgan fingerprint density at radius 1 is 1.43 bits per heavy atom. The highest BCUT2D eigenvalue weighted by Gasteiger charge is 2.47. The molecule has 1 atom stereocenters. The van der Waals surface area contributed by atoms with Gasteiger partial charge >= 0.3 is 5.97 Å². The summed E-state index contributed by atoms with van der Waals surface area (Å²) in [5.41, 5.74) is 0.794. The third-order valence-corrected chi connectivity index (χ3v) is 4.45. The minimum atomic E-state index is -0.790. The molecule has 1 aliphatic rings. The van der Waals surface area contributed by atoms with E-state index in [1.165, 1.54) is 12.1 Å². The standard InChI is InChI=1S/C15H20N2O4/c1-10(2)15(14(18)19)4-5-16(9-15)12-6-11(3)7-13(8-12)17(20)21/h6-8,10H,4-5,9H2,1-3H3,(H,18,19). The Kier molecular flexibility index (Phi) is 3.89. The molecule has 0 aliphatic carbocycles. The summed E-state index contributed by atoms with van der Waals surface area (Å²) in [7, 11) is 0. The van der Waals surface area contributed by atoms with Crippen LogP contribution in [0.1, 0.15) is 25.8 Å². The maximum Gasteiger partial charge on any atom is 0.311 e. The van der Waals surface area contributed by atoms with Gasteiger partial charge in [-0.2, -0.15) is 0 Å². The van der Waals surface area contributed by atoms with Crippen molar-refractivity contribution in [2.75, 3.05) is 18.0 Å². The highest BCUT2D eigenvalue weighted by atomic mass is 16.6. The minimum absolute atomic E-state index is 0.0137. The number of aliphatic carboxylic acids is 1. The van der Waals surface area contributed by atoms with E-state index in [9.17, 15) is 20.0 Å². The van der Waals surface area contributed by atoms with Gasteiger partial charge < -0.3 is 10.0 Å². The predicted molar refractivity (Wildman–Crippen MR) is 79.6 cm³/mol. The first-order chi connectivity index (χ1) is 9.76. The fraction of sp³-hybridized carbons (Fsp3) is 0.533. The summed E-state index contributed by atoms with van der Waals surface area (Å²) < 4.78 is 0. The maximum atomic E-state index is 11.6. The van der Waals surface area contributed by atoms with E-state index in [0.717, 1.165) is 11.3 Å². The minimum Gasteiger partial charge on any atom is -0.481 e. The highest BCUT2D eigenvalue weighted by Crippen LogP contribution is 2.40. The zero-order chi connectivity index (χ0) is 15.8. The summed E-state index contributed by atoms with van der Waals surface area (Å²) in [5, 5.41) is 20.5. The molecule has 0 aromatic heterocycles. The zero-order valence-corrected chi connectivity index (χ0v) is 12.5. The monoisotopic (exact) mass is 292 g/mol. The molecule has 1 heterocycles. The summed E-state index contributed by atoms with van der Waals surface area (Å²) in [4.78, 5) is 24.1. The lowest BCUT2D eigenvalue weighted by molar-refractivity contribution is -0.384. The largest absolute Gasteiger partial charge is 0.481 e. The molecule has 0 spiro atoms. The second-order valence-electron chi connectivity index (χ2n) is 6.07. The van der Waals surface area contributed by atoms with E-state index in [4.69, 9.17) is 0 Å². The first-order valence-electron chi connectivity index (χ1n) is 7.01. The van der Waals surface area contributed by atoms with Crippen molar-refractivity contribution < 1.29 is 14.8 Å². The molecule has 1 saturated heterocycles. The van der Waals surface area contributed by atoms with Crippen LogP contribution in [0.4, 0.5) is 11.4 Å². The van der Waals surface area contributed by atoms with Crippen molar-refractivity contribution in [3.05, 3.63) is 33.9 Å². The van der Waals surface area contributed by atoms with Gasteiger partial charge in [0, 0.05) is 30.9 Å². The maximum absolute atomic E-state index is 11.6. The molecule has 6 nitrogen and oxygen atoms in total. The number of nitro groups is 1. The molecule has 1 unspecified atom stereocenters. The number of nitro benzene ring substituents is 1. The molecule has 2 rings (SSSR count). The molecule has 0 radical (unpaired) electrons. The van der Waals surface area contributed by atoms with Crippen molar-refractivity contribution in [2.24, 2.45) is 11.3 Å². The molecule has 1 N–H and O–H groups in total. The smallest absolute Gasteiger partial charge is 0.311 e. The number of aryl methyl sites for hydroxylation is 1. The molecule has 1 aromatic carbocycles. The average molecular weight is 292 g/mol. The summed E-state index contributed by atoms with van der Waals surface area (Å²) in [5.74, 6) is -0.776. The second kappa shape index (κ2) is 5.35. The predicted octanol–water partition coefficient (Wildman–Crippen LogP) is 2.84. The number of hydrogen-bond acceptors (Lipinski definition) is 4. The molecule has 1 fully saturated rings. The van der Waals surface area contributed by atoms with Crippen molar-refractivity contribution in [3.63, 3.8) is 0 Å². The Morgan fingerprint density at radius 2 is 2.10 bits per heavy atom. The molecule has 0 saturated carbocycles. The lowest BCUT2D eigenvalue weighted by Gasteiger charge is -2.29. The number of nitrogens with zero attached hydrogens (tertiary/aromatic N) is 2. The molecule has 0 amide bonds. The van der Waals surface area contributed by atoms with E-state index in [1.54, 1.807) is 6.92 Å². The quantitative estimate of drug-likeness (QED) is 0.681. The van der Waals surface area contributed by atoms with Gasteiger partial charge in [0.25, 0.3) is 5.69 Å². The number of carboxylic acids is 1. The molecular weight excluding hydrogens is 272 g/mol. The topological polar surface area (TPSA) is 83.7 Å². The van der Waals surface area contributed by atoms with Gasteiger partial charge in [0.1, 0.15) is 0 Å². The Morgan fingerprint density at radius 3 is 2.57 bits per heavy atom. The van der Waals surface area contributed by atoms with Crippen LogP contribution in [0, 0.1) is 28.4 Å². The van der Waals surface area contributed by atoms with Crippen LogP contribution in [0.2, 0.25) is 0 Å². The lowest BCUT2D eigenvalue weighted by atomic mass is 9.76. The number of carboxylic acid groups (broad SMARTS) is 1. The second-order valence-corrected chi connectivity index (χ2v) is 6.07. The molecular formula is C15H20N2O4. The molecule has 1 aliphatic heterocycles. The van der Waals surface area contributed by atoms with Crippen LogP contribution in [0.5, 0.6) is 0 Å². The van der Waals surface area contributed by atoms with Gasteiger partial charge in [0.15, 0.2) is 0 Å². The van der Waals surface area contributed by atoms with Gasteiger partial charge in [-0.05, 0) is 30.9 Å². The number of carbonyl (C=O) groups is 1. The summed E-state index contributed by atoms with van der Waals surface area (Å²) in [6.07, 6.45) is 0.557. The van der Waals surface area contributed by atoms with E-state index < -0.39 is 16.3 Å². The van der Waals surface area contributed by atoms with Crippen molar-refractivity contribution in [1.82, 2.24) is 0 Å². The number of benzene rings is 1. The average Bonchev–Trinajstić information content (AvgIpc) is 2.84. The van der Waals surface area contributed by atoms with Crippen LogP contribution in [0.25, 0.3) is 0 Å². The van der Waals surface area contributed by atoms with Crippen LogP contribution in [0.3, 0.4) is 0 Å². The van der Waals surface area contributed by atoms with Crippen molar-refractivity contribution in [2.45, 2.75) is 27.2 Å². The van der Waals surface area contributed by atoms with Crippen molar-refractivity contribution in [3.8, 4) is 0 Å². The van der Waals surface area contributed by atoms with Crippen molar-refractivity contribution in [1.29, 1.82) is 0 Å². The third-order valence-electron chi connectivity index (χ3n) is 4.45. The van der Waals surface area contributed by atoms with Crippen LogP contribution in [0.15, 0.2) is 18.2 Å². The van der Waals surface area contributed by atoms with Gasteiger partial charge in [-0.15, -0.1) is 0 Å². The summed E-state index contributed by atoms with van der Waals surface area (Å²) in [6, 6.07) is 4.91. The first kappa shape index (κ1) is 15.3. The van der Waals surface area contributed by atoms with Crippen LogP contribution in [-0.4, -0.2) is 29.1 Å². The molecule has 21 heavy (non-hydrogen) atoms.